The third-order valence-electron chi connectivity index (χ3n) is 1.63. The van der Waals surface area contributed by atoms with E-state index in [4.69, 9.17) is 10.5 Å². The lowest BCUT2D eigenvalue weighted by molar-refractivity contribution is 0.169. The second-order valence-electron chi connectivity index (χ2n) is 3.20. The van der Waals surface area contributed by atoms with Crippen LogP contribution in [0.25, 0.3) is 0 Å². The number of aromatic nitrogens is 2. The highest BCUT2D eigenvalue weighted by atomic mass is 16.5. The molecule has 0 spiro atoms. The van der Waals surface area contributed by atoms with Gasteiger partial charge in [-0.1, -0.05) is 0 Å². The van der Waals surface area contributed by atoms with E-state index in [1.54, 1.807) is 0 Å². The van der Waals surface area contributed by atoms with Crippen molar-refractivity contribution in [1.82, 2.24) is 9.97 Å². The van der Waals surface area contributed by atoms with Crippen molar-refractivity contribution in [2.45, 2.75) is 26.1 Å². The molecule has 0 aromatic carbocycles. The molecule has 3 N–H and O–H groups in total. The number of rotatable bonds is 4. The molecule has 0 aliphatic rings. The van der Waals surface area contributed by atoms with Crippen molar-refractivity contribution in [2.24, 2.45) is 5.73 Å². The van der Waals surface area contributed by atoms with E-state index in [0.29, 0.717) is 11.4 Å². The molecule has 78 valence electrons. The molecule has 0 bridgehead atoms. The van der Waals surface area contributed by atoms with Crippen LogP contribution < -0.4 is 10.5 Å². The molecule has 14 heavy (non-hydrogen) atoms. The minimum atomic E-state index is -0.773. The fraction of sp³-hybridized carbons (Fsp3) is 0.556. The zero-order valence-electron chi connectivity index (χ0n) is 8.34. The van der Waals surface area contributed by atoms with E-state index < -0.39 is 6.10 Å². The molecule has 5 heteroatoms. The van der Waals surface area contributed by atoms with Gasteiger partial charge in [0.05, 0.1) is 17.8 Å². The summed E-state index contributed by atoms with van der Waals surface area (Å²) in [6.45, 7) is 3.91. The Morgan fingerprint density at radius 1 is 1.57 bits per heavy atom. The molecule has 0 aliphatic carbocycles. The average Bonchev–Trinajstić information content (AvgIpc) is 2.16. The standard InChI is InChI=1S/C9H15N3O2/c1-6(2)14-9-7(8(13)3-10)4-11-5-12-9/h4-6,8,13H,3,10H2,1-2H3. The molecule has 1 aromatic heterocycles. The van der Waals surface area contributed by atoms with Crippen molar-refractivity contribution in [1.29, 1.82) is 0 Å². The largest absolute Gasteiger partial charge is 0.475 e. The third kappa shape index (κ3) is 2.65. The Balaban J connectivity index is 2.91. The zero-order valence-corrected chi connectivity index (χ0v) is 8.34. The zero-order chi connectivity index (χ0) is 10.6. The van der Waals surface area contributed by atoms with Gasteiger partial charge in [0.1, 0.15) is 6.33 Å². The van der Waals surface area contributed by atoms with E-state index in [0.717, 1.165) is 0 Å². The Morgan fingerprint density at radius 2 is 2.29 bits per heavy atom. The molecule has 1 unspecified atom stereocenters. The first-order chi connectivity index (χ1) is 6.65. The Hall–Kier alpha value is -1.20. The minimum absolute atomic E-state index is 0.00799. The SMILES string of the molecule is CC(C)Oc1ncncc1C(O)CN. The summed E-state index contributed by atoms with van der Waals surface area (Å²) < 4.78 is 5.40. The molecule has 0 saturated carbocycles. The van der Waals surface area contributed by atoms with Gasteiger partial charge in [0.25, 0.3) is 0 Å². The highest BCUT2D eigenvalue weighted by Gasteiger charge is 2.14. The molecule has 1 aromatic rings. The fourth-order valence-electron chi connectivity index (χ4n) is 1.01. The van der Waals surface area contributed by atoms with Crippen molar-refractivity contribution in [2.75, 3.05) is 6.54 Å². The number of nitrogens with two attached hydrogens (primary N) is 1. The molecule has 1 rings (SSSR count). The van der Waals surface area contributed by atoms with Gasteiger partial charge in [0.2, 0.25) is 5.88 Å². The molecule has 0 fully saturated rings. The maximum Gasteiger partial charge on any atom is 0.222 e. The van der Waals surface area contributed by atoms with Crippen LogP contribution in [0.5, 0.6) is 5.88 Å². The van der Waals surface area contributed by atoms with Gasteiger partial charge in [-0.25, -0.2) is 9.97 Å². The summed E-state index contributed by atoms with van der Waals surface area (Å²) in [6, 6.07) is 0. The van der Waals surface area contributed by atoms with Crippen LogP contribution in [-0.2, 0) is 0 Å². The smallest absolute Gasteiger partial charge is 0.222 e. The van der Waals surface area contributed by atoms with E-state index >= 15 is 0 Å². The van der Waals surface area contributed by atoms with Crippen LogP contribution in [0.3, 0.4) is 0 Å². The Labute approximate surface area is 82.9 Å². The Kier molecular flexibility index (Phi) is 3.79. The van der Waals surface area contributed by atoms with Gasteiger partial charge in [-0.2, -0.15) is 0 Å². The van der Waals surface area contributed by atoms with Gasteiger partial charge in [0.15, 0.2) is 0 Å². The van der Waals surface area contributed by atoms with Gasteiger partial charge in [-0.3, -0.25) is 0 Å². The highest BCUT2D eigenvalue weighted by Crippen LogP contribution is 2.21. The summed E-state index contributed by atoms with van der Waals surface area (Å²) >= 11 is 0. The van der Waals surface area contributed by atoms with Gasteiger partial charge < -0.3 is 15.6 Å². The monoisotopic (exact) mass is 197 g/mol. The summed E-state index contributed by atoms with van der Waals surface area (Å²) in [5.41, 5.74) is 5.87. The first-order valence-electron chi connectivity index (χ1n) is 4.49. The summed E-state index contributed by atoms with van der Waals surface area (Å²) in [5, 5.41) is 9.54. The van der Waals surface area contributed by atoms with Crippen LogP contribution in [0.1, 0.15) is 25.5 Å². The molecule has 0 radical (unpaired) electrons. The number of nitrogens with zero attached hydrogens (tertiary/aromatic N) is 2. The molecule has 5 nitrogen and oxygen atoms in total. The van der Waals surface area contributed by atoms with Crippen molar-refractivity contribution >= 4 is 0 Å². The first-order valence-corrected chi connectivity index (χ1v) is 4.49. The van der Waals surface area contributed by atoms with Gasteiger partial charge >= 0.3 is 0 Å². The maximum atomic E-state index is 9.54. The third-order valence-corrected chi connectivity index (χ3v) is 1.63. The first kappa shape index (κ1) is 10.9. The topological polar surface area (TPSA) is 81.3 Å². The van der Waals surface area contributed by atoms with Crippen molar-refractivity contribution in [3.63, 3.8) is 0 Å². The van der Waals surface area contributed by atoms with Crippen molar-refractivity contribution < 1.29 is 9.84 Å². The lowest BCUT2D eigenvalue weighted by atomic mass is 10.2. The molecule has 0 amide bonds. The van der Waals surface area contributed by atoms with Crippen LogP contribution >= 0.6 is 0 Å². The fourth-order valence-corrected chi connectivity index (χ4v) is 1.01. The quantitative estimate of drug-likeness (QED) is 0.723. The normalized spacial score (nSPS) is 12.9. The number of hydrogen-bond donors (Lipinski definition) is 2. The highest BCUT2D eigenvalue weighted by molar-refractivity contribution is 5.25. The van der Waals surface area contributed by atoms with E-state index in [-0.39, 0.29) is 12.6 Å². The summed E-state index contributed by atoms with van der Waals surface area (Å²) in [4.78, 5) is 7.75. The number of hydrogen-bond acceptors (Lipinski definition) is 5. The van der Waals surface area contributed by atoms with Gasteiger partial charge in [0, 0.05) is 12.7 Å². The maximum absolute atomic E-state index is 9.54. The van der Waals surface area contributed by atoms with Crippen LogP contribution in [0.4, 0.5) is 0 Å². The lowest BCUT2D eigenvalue weighted by Gasteiger charge is -2.14. The summed E-state index contributed by atoms with van der Waals surface area (Å²) in [5.74, 6) is 0.396. The van der Waals surface area contributed by atoms with E-state index in [1.807, 2.05) is 13.8 Å². The molecule has 0 saturated heterocycles. The molecule has 0 aliphatic heterocycles. The van der Waals surface area contributed by atoms with Crippen molar-refractivity contribution in [3.05, 3.63) is 18.1 Å². The Morgan fingerprint density at radius 3 is 2.86 bits per heavy atom. The van der Waals surface area contributed by atoms with Crippen molar-refractivity contribution in [3.8, 4) is 5.88 Å². The van der Waals surface area contributed by atoms with Crippen LogP contribution in [0.2, 0.25) is 0 Å². The van der Waals surface area contributed by atoms with Crippen LogP contribution in [-0.4, -0.2) is 27.7 Å². The lowest BCUT2D eigenvalue weighted by Crippen LogP contribution is -2.16. The average molecular weight is 197 g/mol. The molecule has 1 atom stereocenters. The Bertz CT molecular complexity index is 291. The van der Waals surface area contributed by atoms with E-state index in [2.05, 4.69) is 9.97 Å². The predicted molar refractivity (Wildman–Crippen MR) is 51.8 cm³/mol. The second-order valence-corrected chi connectivity index (χ2v) is 3.20. The second kappa shape index (κ2) is 4.88. The molecular weight excluding hydrogens is 182 g/mol. The minimum Gasteiger partial charge on any atom is -0.475 e. The van der Waals surface area contributed by atoms with Gasteiger partial charge in [-0.15, -0.1) is 0 Å². The van der Waals surface area contributed by atoms with Crippen LogP contribution in [0.15, 0.2) is 12.5 Å². The van der Waals surface area contributed by atoms with Gasteiger partial charge in [-0.05, 0) is 13.8 Å². The number of aliphatic hydroxyl groups excluding tert-OH is 1. The summed E-state index contributed by atoms with van der Waals surface area (Å²) in [7, 11) is 0. The predicted octanol–water partition coefficient (Wildman–Crippen LogP) is 0.256. The van der Waals surface area contributed by atoms with E-state index in [1.165, 1.54) is 12.5 Å². The molecule has 1 heterocycles. The van der Waals surface area contributed by atoms with E-state index in [9.17, 15) is 5.11 Å². The summed E-state index contributed by atoms with van der Waals surface area (Å²) in [6.07, 6.45) is 2.13. The van der Waals surface area contributed by atoms with Crippen LogP contribution in [0, 0.1) is 0 Å². The number of ether oxygens (including phenoxy) is 1. The molecular formula is C9H15N3O2. The number of aliphatic hydroxyl groups is 1.